The lowest BCUT2D eigenvalue weighted by molar-refractivity contribution is -0.147. The van der Waals surface area contributed by atoms with Gasteiger partial charge in [-0.25, -0.2) is 0 Å². The molecule has 0 spiro atoms. The number of nitrogens with one attached hydrogen (secondary N) is 1. The van der Waals surface area contributed by atoms with Crippen LogP contribution in [0.2, 0.25) is 0 Å². The molecule has 31 heavy (non-hydrogen) atoms. The number of rotatable bonds is 6. The van der Waals surface area contributed by atoms with Gasteiger partial charge in [0.15, 0.2) is 0 Å². The Labute approximate surface area is 182 Å². The Morgan fingerprint density at radius 3 is 2.23 bits per heavy atom. The van der Waals surface area contributed by atoms with Gasteiger partial charge in [0.1, 0.15) is 5.75 Å². The Morgan fingerprint density at radius 2 is 1.61 bits per heavy atom. The molecule has 0 unspecified atom stereocenters. The maximum atomic E-state index is 13.5. The van der Waals surface area contributed by atoms with Gasteiger partial charge in [-0.2, -0.15) is 0 Å². The Hall–Kier alpha value is -2.60. The predicted octanol–water partition coefficient (Wildman–Crippen LogP) is 3.98. The third-order valence-corrected chi connectivity index (χ3v) is 7.05. The average Bonchev–Trinajstić information content (AvgIpc) is 3.69. The minimum Gasteiger partial charge on any atom is -0.490 e. The van der Waals surface area contributed by atoms with Crippen LogP contribution in [-0.4, -0.2) is 49.1 Å². The topological polar surface area (TPSA) is 67.9 Å². The number of amides is 2. The molecule has 2 aromatic rings. The van der Waals surface area contributed by atoms with Crippen molar-refractivity contribution in [3.63, 3.8) is 0 Å². The molecule has 164 valence electrons. The van der Waals surface area contributed by atoms with Crippen molar-refractivity contribution < 1.29 is 19.1 Å². The van der Waals surface area contributed by atoms with Crippen LogP contribution in [0.4, 0.5) is 5.69 Å². The van der Waals surface area contributed by atoms with Gasteiger partial charge < -0.3 is 19.7 Å². The van der Waals surface area contributed by atoms with Gasteiger partial charge in [-0.3, -0.25) is 9.59 Å². The van der Waals surface area contributed by atoms with Gasteiger partial charge in [-0.1, -0.05) is 24.3 Å². The first-order valence-corrected chi connectivity index (χ1v) is 11.3. The lowest BCUT2D eigenvalue weighted by atomic mass is 9.83. The molecule has 2 aromatic carbocycles. The number of ether oxygens (including phenoxy) is 2. The van der Waals surface area contributed by atoms with Gasteiger partial charge in [0.2, 0.25) is 11.8 Å². The summed E-state index contributed by atoms with van der Waals surface area (Å²) in [4.78, 5) is 28.8. The normalized spacial score (nSPS) is 21.1. The Kier molecular flexibility index (Phi) is 4.93. The van der Waals surface area contributed by atoms with Crippen molar-refractivity contribution in [1.29, 1.82) is 0 Å². The number of hydrogen-bond acceptors (Lipinski definition) is 4. The molecule has 2 amide bonds. The second kappa shape index (κ2) is 7.52. The summed E-state index contributed by atoms with van der Waals surface area (Å²) in [5, 5.41) is 5.11. The molecule has 6 nitrogen and oxygen atoms in total. The number of nitrogens with zero attached hydrogens (tertiary/aromatic N) is 1. The number of fused-ring (bicyclic) bond motifs is 1. The summed E-state index contributed by atoms with van der Waals surface area (Å²) in [5.74, 6) is 0.939. The van der Waals surface area contributed by atoms with Gasteiger partial charge in [0.25, 0.3) is 0 Å². The third-order valence-electron chi connectivity index (χ3n) is 7.05. The number of carbonyl (C=O) groups is 2. The fraction of sp³-hybridized carbons (Fsp3) is 0.520. The van der Waals surface area contributed by atoms with E-state index in [2.05, 4.69) is 5.32 Å². The molecular weight excluding hydrogens is 392 g/mol. The van der Waals surface area contributed by atoms with Crippen molar-refractivity contribution >= 4 is 28.3 Å². The van der Waals surface area contributed by atoms with Crippen molar-refractivity contribution in [2.75, 3.05) is 31.6 Å². The quantitative estimate of drug-likeness (QED) is 0.765. The van der Waals surface area contributed by atoms with E-state index in [1.165, 1.54) is 0 Å². The molecule has 1 N–H and O–H groups in total. The Bertz CT molecular complexity index is 1020. The molecular formula is C25H30N2O4. The van der Waals surface area contributed by atoms with E-state index >= 15 is 0 Å². The largest absolute Gasteiger partial charge is 0.490 e. The monoisotopic (exact) mass is 422 g/mol. The summed E-state index contributed by atoms with van der Waals surface area (Å²) >= 11 is 0. The number of carbonyl (C=O) groups excluding carboxylic acids is 2. The van der Waals surface area contributed by atoms with Gasteiger partial charge in [0, 0.05) is 29.5 Å². The van der Waals surface area contributed by atoms with Crippen LogP contribution >= 0.6 is 0 Å². The number of morpholine rings is 1. The second-order valence-corrected chi connectivity index (χ2v) is 9.35. The highest BCUT2D eigenvalue weighted by atomic mass is 16.5. The first kappa shape index (κ1) is 20.3. The molecule has 5 rings (SSSR count). The van der Waals surface area contributed by atoms with Crippen LogP contribution in [0.25, 0.3) is 10.8 Å². The highest BCUT2D eigenvalue weighted by molar-refractivity contribution is 6.09. The Morgan fingerprint density at radius 1 is 0.968 bits per heavy atom. The van der Waals surface area contributed by atoms with Gasteiger partial charge in [0.05, 0.1) is 30.1 Å². The SMILES string of the molecule is CC(C)Oc1ccc(NC(=O)C2(C3(C(=O)N4CCOCC4)CC3)CC2)c2ccccc12. The molecule has 1 saturated heterocycles. The van der Waals surface area contributed by atoms with Crippen LogP contribution in [0, 0.1) is 10.8 Å². The summed E-state index contributed by atoms with van der Waals surface area (Å²) in [6.45, 7) is 6.42. The number of benzene rings is 2. The summed E-state index contributed by atoms with van der Waals surface area (Å²) in [7, 11) is 0. The summed E-state index contributed by atoms with van der Waals surface area (Å²) in [6.07, 6.45) is 3.24. The maximum Gasteiger partial charge on any atom is 0.231 e. The molecule has 6 heteroatoms. The van der Waals surface area contributed by atoms with E-state index in [1.807, 2.05) is 55.1 Å². The molecule has 0 atom stereocenters. The highest BCUT2D eigenvalue weighted by Crippen LogP contribution is 2.71. The molecule has 0 aromatic heterocycles. The van der Waals surface area contributed by atoms with Gasteiger partial charge >= 0.3 is 0 Å². The first-order valence-electron chi connectivity index (χ1n) is 11.3. The fourth-order valence-corrected chi connectivity index (χ4v) is 5.12. The van der Waals surface area contributed by atoms with Crippen molar-refractivity contribution in [3.8, 4) is 5.75 Å². The third kappa shape index (κ3) is 3.37. The summed E-state index contributed by atoms with van der Waals surface area (Å²) in [5.41, 5.74) is -0.320. The molecule has 1 aliphatic heterocycles. The zero-order valence-corrected chi connectivity index (χ0v) is 18.3. The van der Waals surface area contributed by atoms with E-state index < -0.39 is 10.8 Å². The highest BCUT2D eigenvalue weighted by Gasteiger charge is 2.73. The van der Waals surface area contributed by atoms with Crippen LogP contribution in [0.5, 0.6) is 5.75 Å². The van der Waals surface area contributed by atoms with Crippen molar-refractivity contribution in [2.24, 2.45) is 10.8 Å². The van der Waals surface area contributed by atoms with Crippen molar-refractivity contribution in [1.82, 2.24) is 4.90 Å². The van der Waals surface area contributed by atoms with Crippen molar-refractivity contribution in [2.45, 2.75) is 45.6 Å². The predicted molar refractivity (Wildman–Crippen MR) is 119 cm³/mol. The van der Waals surface area contributed by atoms with E-state index in [-0.39, 0.29) is 17.9 Å². The molecule has 3 fully saturated rings. The molecule has 2 saturated carbocycles. The minimum absolute atomic E-state index is 0.0192. The lowest BCUT2D eigenvalue weighted by Gasteiger charge is -2.34. The molecule has 1 heterocycles. The summed E-state index contributed by atoms with van der Waals surface area (Å²) < 4.78 is 11.4. The second-order valence-electron chi connectivity index (χ2n) is 9.35. The van der Waals surface area contributed by atoms with E-state index in [0.29, 0.717) is 26.3 Å². The number of hydrogen-bond donors (Lipinski definition) is 1. The zero-order valence-electron chi connectivity index (χ0n) is 18.3. The molecule has 0 bridgehead atoms. The molecule has 2 aliphatic carbocycles. The summed E-state index contributed by atoms with van der Waals surface area (Å²) in [6, 6.07) is 11.8. The van der Waals surface area contributed by atoms with Crippen LogP contribution in [0.1, 0.15) is 39.5 Å². The first-order chi connectivity index (χ1) is 15.0. The minimum atomic E-state index is -0.573. The number of anilines is 1. The fourth-order valence-electron chi connectivity index (χ4n) is 5.12. The van der Waals surface area contributed by atoms with Crippen LogP contribution < -0.4 is 10.1 Å². The van der Waals surface area contributed by atoms with E-state index in [1.54, 1.807) is 0 Å². The van der Waals surface area contributed by atoms with Crippen LogP contribution in [0.3, 0.4) is 0 Å². The van der Waals surface area contributed by atoms with E-state index in [9.17, 15) is 9.59 Å². The van der Waals surface area contributed by atoms with Crippen LogP contribution in [0.15, 0.2) is 36.4 Å². The zero-order chi connectivity index (χ0) is 21.6. The average molecular weight is 423 g/mol. The maximum absolute atomic E-state index is 13.5. The van der Waals surface area contributed by atoms with E-state index in [0.717, 1.165) is 47.9 Å². The van der Waals surface area contributed by atoms with Crippen molar-refractivity contribution in [3.05, 3.63) is 36.4 Å². The molecule has 0 radical (unpaired) electrons. The van der Waals surface area contributed by atoms with Gasteiger partial charge in [-0.15, -0.1) is 0 Å². The van der Waals surface area contributed by atoms with Crippen LogP contribution in [-0.2, 0) is 14.3 Å². The Balaban J connectivity index is 1.40. The smallest absolute Gasteiger partial charge is 0.231 e. The van der Waals surface area contributed by atoms with Gasteiger partial charge in [-0.05, 0) is 51.7 Å². The molecule has 3 aliphatic rings. The standard InChI is InChI=1S/C25H30N2O4/c1-17(2)31-21-8-7-20(18-5-3-4-6-19(18)21)26-22(28)24(9-10-24)25(11-12-25)23(29)27-13-15-30-16-14-27/h3-8,17H,9-16H2,1-2H3,(H,26,28). The van der Waals surface area contributed by atoms with E-state index in [4.69, 9.17) is 9.47 Å². The lowest BCUT2D eigenvalue weighted by Crippen LogP contribution is -2.49.